The number of carbonyl (C=O) groups excluding carboxylic acids is 3. The van der Waals surface area contributed by atoms with Crippen LogP contribution in [-0.4, -0.2) is 31.1 Å². The Morgan fingerprint density at radius 1 is 1.12 bits per heavy atom. The predicted octanol–water partition coefficient (Wildman–Crippen LogP) is 4.38. The van der Waals surface area contributed by atoms with Gasteiger partial charge >= 0.3 is 6.03 Å². The Bertz CT molecular complexity index is 1180. The lowest BCUT2D eigenvalue weighted by atomic mass is 10.1. The predicted molar refractivity (Wildman–Crippen MR) is 122 cm³/mol. The highest BCUT2D eigenvalue weighted by Gasteiger charge is 2.37. The van der Waals surface area contributed by atoms with Crippen LogP contribution in [-0.2, 0) is 9.59 Å². The van der Waals surface area contributed by atoms with Crippen LogP contribution in [0.5, 0.6) is 11.5 Å². The Labute approximate surface area is 194 Å². The van der Waals surface area contributed by atoms with Crippen LogP contribution in [0.4, 0.5) is 10.5 Å². The molecular formula is C23H18Cl2N2O5. The zero-order chi connectivity index (χ0) is 23.4. The number of barbiturate groups is 1. The van der Waals surface area contributed by atoms with E-state index in [0.717, 1.165) is 10.5 Å². The van der Waals surface area contributed by atoms with E-state index >= 15 is 0 Å². The molecule has 0 aromatic heterocycles. The van der Waals surface area contributed by atoms with Crippen LogP contribution in [0, 0.1) is 19.3 Å². The van der Waals surface area contributed by atoms with Crippen molar-refractivity contribution in [3.05, 3.63) is 57.1 Å². The van der Waals surface area contributed by atoms with Crippen molar-refractivity contribution in [2.45, 2.75) is 13.8 Å². The summed E-state index contributed by atoms with van der Waals surface area (Å²) in [5.41, 5.74) is 1.13. The summed E-state index contributed by atoms with van der Waals surface area (Å²) in [7, 11) is 0. The molecule has 0 unspecified atom stereocenters. The summed E-state index contributed by atoms with van der Waals surface area (Å²) in [6.45, 7) is 3.87. The fourth-order valence-corrected chi connectivity index (χ4v) is 3.42. The number of terminal acetylenes is 1. The summed E-state index contributed by atoms with van der Waals surface area (Å²) in [4.78, 5) is 38.7. The molecule has 1 fully saturated rings. The average molecular weight is 473 g/mol. The van der Waals surface area contributed by atoms with E-state index in [-0.39, 0.29) is 28.6 Å². The van der Waals surface area contributed by atoms with Crippen molar-refractivity contribution in [1.29, 1.82) is 0 Å². The molecule has 3 rings (SSSR count). The summed E-state index contributed by atoms with van der Waals surface area (Å²) in [5.74, 6) is 1.25. The molecule has 0 bridgehead atoms. The number of imide groups is 2. The summed E-state index contributed by atoms with van der Waals surface area (Å²) in [6, 6.07) is 6.88. The first kappa shape index (κ1) is 23.2. The van der Waals surface area contributed by atoms with Crippen molar-refractivity contribution in [2.24, 2.45) is 0 Å². The largest absolute Gasteiger partial charge is 0.490 e. The quantitative estimate of drug-likeness (QED) is 0.383. The number of nitrogens with zero attached hydrogens (tertiary/aromatic N) is 1. The molecule has 0 radical (unpaired) electrons. The molecular weight excluding hydrogens is 455 g/mol. The third-order valence-corrected chi connectivity index (χ3v) is 5.15. The number of amides is 4. The van der Waals surface area contributed by atoms with E-state index in [9.17, 15) is 14.4 Å². The number of ether oxygens (including phenoxy) is 2. The molecule has 1 aliphatic heterocycles. The first-order valence-electron chi connectivity index (χ1n) is 9.47. The monoisotopic (exact) mass is 472 g/mol. The molecule has 2 aromatic rings. The molecule has 4 amide bonds. The van der Waals surface area contributed by atoms with Gasteiger partial charge in [0.2, 0.25) is 0 Å². The standard InChI is InChI=1S/C23H18Cl2N2O5/c1-4-8-32-20-18(25)10-14(11-19(20)31-5-2)9-16-21(28)26-23(30)27(22(16)29)15-7-6-13(3)17(24)12-15/h1,6-7,9-12H,5,8H2,2-3H3,(H,26,28,30)/b16-9-. The first-order valence-corrected chi connectivity index (χ1v) is 10.2. The number of nitrogens with one attached hydrogen (secondary N) is 1. The van der Waals surface area contributed by atoms with Gasteiger partial charge in [0.05, 0.1) is 17.3 Å². The molecule has 7 nitrogen and oxygen atoms in total. The smallest absolute Gasteiger partial charge is 0.335 e. The van der Waals surface area contributed by atoms with Gasteiger partial charge in [-0.1, -0.05) is 35.2 Å². The molecule has 32 heavy (non-hydrogen) atoms. The Morgan fingerprint density at radius 3 is 2.53 bits per heavy atom. The highest BCUT2D eigenvalue weighted by Crippen LogP contribution is 2.37. The second kappa shape index (κ2) is 9.77. The second-order valence-corrected chi connectivity index (χ2v) is 7.46. The molecule has 1 aliphatic rings. The molecule has 0 atom stereocenters. The molecule has 0 saturated carbocycles. The number of anilines is 1. The fraction of sp³-hybridized carbons (Fsp3) is 0.174. The van der Waals surface area contributed by atoms with Gasteiger partial charge in [0.1, 0.15) is 12.2 Å². The van der Waals surface area contributed by atoms with E-state index in [1.54, 1.807) is 32.0 Å². The van der Waals surface area contributed by atoms with Crippen LogP contribution in [0.25, 0.3) is 6.08 Å². The summed E-state index contributed by atoms with van der Waals surface area (Å²) >= 11 is 12.4. The van der Waals surface area contributed by atoms with Crippen molar-refractivity contribution in [3.8, 4) is 23.8 Å². The van der Waals surface area contributed by atoms with Crippen molar-refractivity contribution in [2.75, 3.05) is 18.1 Å². The van der Waals surface area contributed by atoms with Crippen molar-refractivity contribution in [3.63, 3.8) is 0 Å². The van der Waals surface area contributed by atoms with E-state index in [1.807, 2.05) is 0 Å². The van der Waals surface area contributed by atoms with Gasteiger partial charge in [0.25, 0.3) is 11.8 Å². The van der Waals surface area contributed by atoms with E-state index in [2.05, 4.69) is 11.2 Å². The van der Waals surface area contributed by atoms with Crippen molar-refractivity contribution >= 4 is 52.8 Å². The van der Waals surface area contributed by atoms with E-state index in [0.29, 0.717) is 22.9 Å². The van der Waals surface area contributed by atoms with Gasteiger partial charge in [-0.05, 0) is 55.3 Å². The van der Waals surface area contributed by atoms with Crippen LogP contribution in [0.15, 0.2) is 35.9 Å². The number of rotatable bonds is 6. The van der Waals surface area contributed by atoms with Gasteiger partial charge in [-0.2, -0.15) is 0 Å². The number of hydrogen-bond acceptors (Lipinski definition) is 5. The topological polar surface area (TPSA) is 84.9 Å². The molecule has 1 heterocycles. The van der Waals surface area contributed by atoms with Gasteiger partial charge in [-0.15, -0.1) is 6.42 Å². The Hall–Kier alpha value is -3.47. The van der Waals surface area contributed by atoms with Crippen molar-refractivity contribution in [1.82, 2.24) is 5.32 Å². The van der Waals surface area contributed by atoms with Crippen LogP contribution >= 0.6 is 23.2 Å². The lowest BCUT2D eigenvalue weighted by Gasteiger charge is -2.26. The highest BCUT2D eigenvalue weighted by atomic mass is 35.5. The minimum atomic E-state index is -0.872. The second-order valence-electron chi connectivity index (χ2n) is 6.65. The molecule has 0 aliphatic carbocycles. The van der Waals surface area contributed by atoms with Gasteiger partial charge in [-0.25, -0.2) is 9.69 Å². The number of hydrogen-bond donors (Lipinski definition) is 1. The van der Waals surface area contributed by atoms with E-state index in [4.69, 9.17) is 39.1 Å². The van der Waals surface area contributed by atoms with E-state index in [1.165, 1.54) is 18.2 Å². The maximum Gasteiger partial charge on any atom is 0.335 e. The molecule has 0 spiro atoms. The number of benzene rings is 2. The van der Waals surface area contributed by atoms with Crippen LogP contribution in [0.3, 0.4) is 0 Å². The third-order valence-electron chi connectivity index (χ3n) is 4.46. The minimum absolute atomic E-state index is 0.0166. The normalized spacial score (nSPS) is 14.9. The van der Waals surface area contributed by atoms with Crippen LogP contribution < -0.4 is 19.7 Å². The van der Waals surface area contributed by atoms with Crippen LogP contribution in [0.2, 0.25) is 10.0 Å². The number of halogens is 2. The zero-order valence-corrected chi connectivity index (χ0v) is 18.7. The molecule has 9 heteroatoms. The third kappa shape index (κ3) is 4.72. The van der Waals surface area contributed by atoms with Crippen molar-refractivity contribution < 1.29 is 23.9 Å². The summed E-state index contributed by atoms with van der Waals surface area (Å²) < 4.78 is 11.0. The maximum atomic E-state index is 13.1. The number of carbonyl (C=O) groups is 3. The summed E-state index contributed by atoms with van der Waals surface area (Å²) in [5, 5.41) is 2.72. The Morgan fingerprint density at radius 2 is 1.88 bits per heavy atom. The van der Waals surface area contributed by atoms with Crippen LogP contribution in [0.1, 0.15) is 18.1 Å². The maximum absolute atomic E-state index is 13.1. The first-order chi connectivity index (χ1) is 15.3. The lowest BCUT2D eigenvalue weighted by molar-refractivity contribution is -0.122. The van der Waals surface area contributed by atoms with Gasteiger partial charge in [0.15, 0.2) is 11.5 Å². The molecule has 2 aromatic carbocycles. The lowest BCUT2D eigenvalue weighted by Crippen LogP contribution is -2.54. The number of urea groups is 1. The van der Waals surface area contributed by atoms with Gasteiger partial charge in [0, 0.05) is 5.02 Å². The Balaban J connectivity index is 2.03. The zero-order valence-electron chi connectivity index (χ0n) is 17.2. The molecule has 1 N–H and O–H groups in total. The van der Waals surface area contributed by atoms with Gasteiger partial charge in [-0.3, -0.25) is 14.9 Å². The number of aryl methyl sites for hydroxylation is 1. The van der Waals surface area contributed by atoms with E-state index < -0.39 is 17.8 Å². The fourth-order valence-electron chi connectivity index (χ4n) is 2.97. The molecule has 1 saturated heterocycles. The van der Waals surface area contributed by atoms with Gasteiger partial charge < -0.3 is 9.47 Å². The summed E-state index contributed by atoms with van der Waals surface area (Å²) in [6.07, 6.45) is 6.55. The minimum Gasteiger partial charge on any atom is -0.490 e. The average Bonchev–Trinajstić information content (AvgIpc) is 2.73. The Kier molecular flexibility index (Phi) is 7.08. The SMILES string of the molecule is C#CCOc1c(Cl)cc(/C=C2/C(=O)NC(=O)N(c3ccc(C)c(Cl)c3)C2=O)cc1OCC. The molecule has 164 valence electrons. The highest BCUT2D eigenvalue weighted by molar-refractivity contribution is 6.39.